The van der Waals surface area contributed by atoms with Gasteiger partial charge in [0.1, 0.15) is 0 Å². The van der Waals surface area contributed by atoms with Crippen LogP contribution in [-0.2, 0) is 25.8 Å². The summed E-state index contributed by atoms with van der Waals surface area (Å²) in [5.41, 5.74) is 7.35. The first kappa shape index (κ1) is 35.4. The van der Waals surface area contributed by atoms with Crippen LogP contribution in [0, 0.1) is 35.5 Å². The zero-order valence-electron chi connectivity index (χ0n) is 33.5. The van der Waals surface area contributed by atoms with Crippen molar-refractivity contribution in [3.05, 3.63) is 83.9 Å². The molecule has 55 heavy (non-hydrogen) atoms. The summed E-state index contributed by atoms with van der Waals surface area (Å²) in [6.45, 7) is 7.05. The topological polar surface area (TPSA) is 27.7 Å². The fourth-order valence-corrected chi connectivity index (χ4v) is 23.4. The minimum Gasteiger partial charge on any atom is -0.345 e. The maximum Gasteiger partial charge on any atom is 0.172 e. The molecule has 3 aromatic carbocycles. The lowest BCUT2D eigenvalue weighted by Gasteiger charge is -2.72. The van der Waals surface area contributed by atoms with E-state index >= 15 is 0 Å². The molecule has 290 valence electrons. The van der Waals surface area contributed by atoms with E-state index in [1.807, 2.05) is 0 Å². The number of benzene rings is 3. The standard InChI is InChI=1S/C50H62O3P2/c1-45-28-44-51-46(2,30-47(3,52-44)53-45)50(45,31-54)43-21-42(39-12-8-5-9-13-39)41(38-10-6-4-7-11-38)20-40(43)29-55(48-22-32-14-33(23-48)16-34(15-32)24-48)49-25-35-17-36(26-49)19-37(18-35)27-49/h4-13,20-21,32-37,44H,14-19,22-31,54H2,1-3H3. The molecule has 6 atom stereocenters. The van der Waals surface area contributed by atoms with Gasteiger partial charge in [0.2, 0.25) is 0 Å². The van der Waals surface area contributed by atoms with Gasteiger partial charge in [-0.05, 0) is 201 Å². The fourth-order valence-electron chi connectivity index (χ4n) is 17.1. The van der Waals surface area contributed by atoms with E-state index in [1.54, 1.807) is 5.56 Å². The molecule has 0 radical (unpaired) electrons. The summed E-state index contributed by atoms with van der Waals surface area (Å²) in [6, 6.07) is 28.1. The molecule has 3 nitrogen and oxygen atoms in total. The smallest absolute Gasteiger partial charge is 0.172 e. The highest BCUT2D eigenvalue weighted by Crippen LogP contribution is 2.80. The van der Waals surface area contributed by atoms with E-state index < -0.39 is 17.0 Å². The molecule has 8 aliphatic carbocycles. The van der Waals surface area contributed by atoms with Crippen LogP contribution in [0.1, 0.15) is 122 Å². The summed E-state index contributed by atoms with van der Waals surface area (Å²) in [5.74, 6) is 5.26. The summed E-state index contributed by atoms with van der Waals surface area (Å²) < 4.78 is 21.1. The fraction of sp³-hybridized carbons (Fsp3) is 0.640. The Morgan fingerprint density at radius 3 is 1.51 bits per heavy atom. The number of hydrogen-bond acceptors (Lipinski definition) is 3. The molecule has 4 aliphatic heterocycles. The van der Waals surface area contributed by atoms with E-state index in [0.717, 1.165) is 54.5 Å². The predicted octanol–water partition coefficient (Wildman–Crippen LogP) is 12.5. The zero-order valence-corrected chi connectivity index (χ0v) is 35.6. The van der Waals surface area contributed by atoms with Crippen molar-refractivity contribution >= 4 is 17.2 Å². The Kier molecular flexibility index (Phi) is 7.71. The van der Waals surface area contributed by atoms with Crippen LogP contribution in [0.25, 0.3) is 22.3 Å². The van der Waals surface area contributed by atoms with Gasteiger partial charge in [-0.2, -0.15) is 0 Å². The van der Waals surface area contributed by atoms with Crippen molar-refractivity contribution in [1.29, 1.82) is 0 Å². The molecule has 12 fully saturated rings. The van der Waals surface area contributed by atoms with E-state index in [1.165, 1.54) is 111 Å². The highest BCUT2D eigenvalue weighted by atomic mass is 31.1. The molecule has 12 aliphatic rings. The lowest BCUT2D eigenvalue weighted by Crippen LogP contribution is -2.81. The Labute approximate surface area is 333 Å². The highest BCUT2D eigenvalue weighted by molar-refractivity contribution is 7.60. The molecular weight excluding hydrogens is 710 g/mol. The van der Waals surface area contributed by atoms with Crippen LogP contribution in [0.5, 0.6) is 0 Å². The molecule has 0 aromatic heterocycles. The predicted molar refractivity (Wildman–Crippen MR) is 227 cm³/mol. The Morgan fingerprint density at radius 2 is 1.07 bits per heavy atom. The van der Waals surface area contributed by atoms with Crippen LogP contribution in [0.3, 0.4) is 0 Å². The monoisotopic (exact) mass is 772 g/mol. The van der Waals surface area contributed by atoms with E-state index in [2.05, 4.69) is 103 Å². The first-order valence-electron chi connectivity index (χ1n) is 22.3. The van der Waals surface area contributed by atoms with Crippen LogP contribution in [-0.4, -0.2) is 39.8 Å². The van der Waals surface area contributed by atoms with Crippen molar-refractivity contribution in [3.63, 3.8) is 0 Å². The normalized spacial score (nSPS) is 47.5. The van der Waals surface area contributed by atoms with Gasteiger partial charge in [-0.15, -0.1) is 9.24 Å². The van der Waals surface area contributed by atoms with Crippen molar-refractivity contribution in [2.24, 2.45) is 35.5 Å². The van der Waals surface area contributed by atoms with Crippen molar-refractivity contribution in [1.82, 2.24) is 0 Å². The van der Waals surface area contributed by atoms with E-state index in [-0.39, 0.29) is 19.6 Å². The minimum absolute atomic E-state index is 0.219. The lowest BCUT2D eigenvalue weighted by atomic mass is 9.52. The quantitative estimate of drug-likeness (QED) is 0.213. The van der Waals surface area contributed by atoms with Gasteiger partial charge in [0.25, 0.3) is 0 Å². The van der Waals surface area contributed by atoms with Gasteiger partial charge in [-0.3, -0.25) is 0 Å². The summed E-state index contributed by atoms with van der Waals surface area (Å²) in [6.07, 6.45) is 21.8. The van der Waals surface area contributed by atoms with Crippen LogP contribution in [0.2, 0.25) is 0 Å². The van der Waals surface area contributed by atoms with Gasteiger partial charge in [-0.25, -0.2) is 0 Å². The van der Waals surface area contributed by atoms with Gasteiger partial charge < -0.3 is 14.2 Å². The second-order valence-corrected chi connectivity index (χ2v) is 25.0. The van der Waals surface area contributed by atoms with Crippen molar-refractivity contribution in [3.8, 4) is 22.3 Å². The number of rotatable bonds is 8. The van der Waals surface area contributed by atoms with Crippen LogP contribution in [0.15, 0.2) is 72.8 Å². The van der Waals surface area contributed by atoms with Gasteiger partial charge in [-0.1, -0.05) is 68.6 Å². The van der Waals surface area contributed by atoms with Gasteiger partial charge in [0.15, 0.2) is 12.1 Å². The Hall–Kier alpha value is -1.60. The maximum atomic E-state index is 7.34. The number of ether oxygens (including phenoxy) is 3. The highest BCUT2D eigenvalue weighted by Gasteiger charge is 2.75. The summed E-state index contributed by atoms with van der Waals surface area (Å²) in [5, 5.41) is 1.11. The Morgan fingerprint density at radius 1 is 0.600 bits per heavy atom. The van der Waals surface area contributed by atoms with Crippen LogP contribution < -0.4 is 0 Å². The first-order valence-corrected chi connectivity index (χ1v) is 24.7. The molecule has 5 heteroatoms. The van der Waals surface area contributed by atoms with Crippen LogP contribution >= 0.6 is 17.2 Å². The lowest BCUT2D eigenvalue weighted by molar-refractivity contribution is -0.498. The minimum atomic E-state index is -0.620. The van der Waals surface area contributed by atoms with E-state index in [0.29, 0.717) is 10.3 Å². The molecule has 4 heterocycles. The third-order valence-electron chi connectivity index (χ3n) is 17.9. The molecule has 0 spiro atoms. The third-order valence-corrected chi connectivity index (χ3v) is 22.6. The molecule has 12 bridgehead atoms. The van der Waals surface area contributed by atoms with Gasteiger partial charge in [0.05, 0.1) is 16.6 Å². The molecule has 0 N–H and O–H groups in total. The average Bonchev–Trinajstić information content (AvgIpc) is 3.12. The van der Waals surface area contributed by atoms with Crippen molar-refractivity contribution in [2.45, 2.75) is 156 Å². The van der Waals surface area contributed by atoms with E-state index in [9.17, 15) is 0 Å². The second kappa shape index (κ2) is 12.0. The molecule has 15 rings (SSSR count). The molecular formula is C50H62O3P2. The molecule has 8 saturated carbocycles. The largest absolute Gasteiger partial charge is 0.345 e. The molecule has 4 saturated heterocycles. The molecule has 6 unspecified atom stereocenters. The third kappa shape index (κ3) is 5.05. The van der Waals surface area contributed by atoms with Crippen molar-refractivity contribution in [2.75, 3.05) is 6.16 Å². The SMILES string of the molecule is CC12CC3(C)OC(CC(C)(O1)C3(CP)c1cc(-c3ccccc3)c(-c3ccccc3)cc1CP(C13CC4CC(CC(C4)C1)C3)C13CC4CC(CC(C4)C1)C3)O2. The van der Waals surface area contributed by atoms with E-state index in [4.69, 9.17) is 14.2 Å². The molecule has 0 amide bonds. The Bertz CT molecular complexity index is 1870. The maximum absolute atomic E-state index is 7.34. The van der Waals surface area contributed by atoms with Crippen molar-refractivity contribution < 1.29 is 14.2 Å². The average molecular weight is 773 g/mol. The van der Waals surface area contributed by atoms with Crippen LogP contribution in [0.4, 0.5) is 0 Å². The Balaban J connectivity index is 1.11. The zero-order chi connectivity index (χ0) is 37.0. The summed E-state index contributed by atoms with van der Waals surface area (Å²) in [4.78, 5) is 0. The van der Waals surface area contributed by atoms with Gasteiger partial charge >= 0.3 is 0 Å². The first-order chi connectivity index (χ1) is 26.5. The second-order valence-electron chi connectivity index (χ2n) is 21.5. The summed E-state index contributed by atoms with van der Waals surface area (Å²) in [7, 11) is 3.00. The van der Waals surface area contributed by atoms with Gasteiger partial charge in [0, 0.05) is 12.8 Å². The number of hydrogen-bond donors (Lipinski definition) is 0. The molecule has 3 aromatic rings. The summed E-state index contributed by atoms with van der Waals surface area (Å²) >= 11 is 0.